The molecular formula is C16H16ClN3O5. The van der Waals surface area contributed by atoms with E-state index in [2.05, 4.69) is 10.6 Å². The fourth-order valence-electron chi connectivity index (χ4n) is 2.13. The lowest BCUT2D eigenvalue weighted by Crippen LogP contribution is -2.20. The zero-order valence-corrected chi connectivity index (χ0v) is 14.5. The molecule has 0 heterocycles. The molecule has 2 amide bonds. The Kier molecular flexibility index (Phi) is 5.66. The van der Waals surface area contributed by atoms with E-state index in [1.165, 1.54) is 32.4 Å². The molecule has 0 spiro atoms. The minimum Gasteiger partial charge on any atom is -0.495 e. The number of methoxy groups -OCH3 is 2. The number of rotatable bonds is 5. The van der Waals surface area contributed by atoms with E-state index in [1.54, 1.807) is 19.1 Å². The van der Waals surface area contributed by atoms with Gasteiger partial charge in [-0.1, -0.05) is 17.7 Å². The summed E-state index contributed by atoms with van der Waals surface area (Å²) in [7, 11) is 2.90. The average Bonchev–Trinajstić information content (AvgIpc) is 2.56. The van der Waals surface area contributed by atoms with Crippen molar-refractivity contribution in [2.24, 2.45) is 0 Å². The van der Waals surface area contributed by atoms with Crippen molar-refractivity contribution in [2.75, 3.05) is 24.9 Å². The van der Waals surface area contributed by atoms with E-state index in [1.807, 2.05) is 0 Å². The fraction of sp³-hybridized carbons (Fsp3) is 0.188. The maximum absolute atomic E-state index is 12.2. The normalized spacial score (nSPS) is 10.1. The number of hydrogen-bond donors (Lipinski definition) is 2. The van der Waals surface area contributed by atoms with Gasteiger partial charge in [0.25, 0.3) is 5.69 Å². The van der Waals surface area contributed by atoms with Crippen LogP contribution in [0.3, 0.4) is 0 Å². The van der Waals surface area contributed by atoms with E-state index >= 15 is 0 Å². The molecule has 0 fully saturated rings. The number of aryl methyl sites for hydroxylation is 1. The number of ether oxygens (including phenoxy) is 2. The van der Waals surface area contributed by atoms with Gasteiger partial charge in [-0.15, -0.1) is 0 Å². The van der Waals surface area contributed by atoms with Crippen LogP contribution in [-0.4, -0.2) is 25.2 Å². The van der Waals surface area contributed by atoms with Gasteiger partial charge in [0.15, 0.2) is 0 Å². The third-order valence-electron chi connectivity index (χ3n) is 3.39. The number of nitrogens with one attached hydrogen (secondary N) is 2. The van der Waals surface area contributed by atoms with Crippen molar-refractivity contribution in [3.05, 3.63) is 51.0 Å². The molecular weight excluding hydrogens is 350 g/mol. The van der Waals surface area contributed by atoms with Crippen LogP contribution in [0, 0.1) is 17.0 Å². The Balaban J connectivity index is 2.19. The Morgan fingerprint density at radius 2 is 1.80 bits per heavy atom. The second-order valence-corrected chi connectivity index (χ2v) is 5.43. The van der Waals surface area contributed by atoms with Gasteiger partial charge >= 0.3 is 6.03 Å². The maximum Gasteiger partial charge on any atom is 0.323 e. The summed E-state index contributed by atoms with van der Waals surface area (Å²) in [5.74, 6) is 0.755. The summed E-state index contributed by atoms with van der Waals surface area (Å²) in [5.41, 5.74) is 1.03. The highest BCUT2D eigenvalue weighted by atomic mass is 35.5. The average molecular weight is 366 g/mol. The van der Waals surface area contributed by atoms with Crippen LogP contribution in [0.5, 0.6) is 11.5 Å². The number of benzene rings is 2. The summed E-state index contributed by atoms with van der Waals surface area (Å²) in [4.78, 5) is 22.6. The van der Waals surface area contributed by atoms with Gasteiger partial charge in [-0.3, -0.25) is 10.1 Å². The van der Waals surface area contributed by atoms with Crippen LogP contribution >= 0.6 is 11.6 Å². The monoisotopic (exact) mass is 365 g/mol. The van der Waals surface area contributed by atoms with E-state index < -0.39 is 11.0 Å². The van der Waals surface area contributed by atoms with Crippen molar-refractivity contribution in [3.8, 4) is 11.5 Å². The molecule has 0 atom stereocenters. The summed E-state index contributed by atoms with van der Waals surface area (Å²) in [6, 6.07) is 6.83. The fourth-order valence-corrected chi connectivity index (χ4v) is 2.37. The first-order chi connectivity index (χ1) is 11.8. The first-order valence-corrected chi connectivity index (χ1v) is 7.48. The van der Waals surface area contributed by atoms with Gasteiger partial charge in [0.05, 0.1) is 29.9 Å². The number of anilines is 2. The molecule has 0 saturated carbocycles. The Labute approximate surface area is 148 Å². The lowest BCUT2D eigenvalue weighted by Gasteiger charge is -2.13. The number of urea groups is 1. The molecule has 2 rings (SSSR count). The standard InChI is InChI=1S/C16H16ClN3O5/c1-9-4-5-10(6-13(9)20(22)23)18-16(21)19-12-7-11(17)14(24-2)8-15(12)25-3/h4-8H,1-3H3,(H2,18,19,21). The van der Waals surface area contributed by atoms with Gasteiger partial charge in [0, 0.05) is 23.4 Å². The molecule has 0 aliphatic carbocycles. The highest BCUT2D eigenvalue weighted by Crippen LogP contribution is 2.36. The summed E-state index contributed by atoms with van der Waals surface area (Å²) in [6.45, 7) is 1.62. The number of nitro benzene ring substituents is 1. The number of amides is 2. The van der Waals surface area contributed by atoms with E-state index in [4.69, 9.17) is 21.1 Å². The molecule has 132 valence electrons. The molecule has 0 unspecified atom stereocenters. The molecule has 8 nitrogen and oxygen atoms in total. The van der Waals surface area contributed by atoms with Crippen molar-refractivity contribution in [1.82, 2.24) is 0 Å². The van der Waals surface area contributed by atoms with Crippen molar-refractivity contribution in [2.45, 2.75) is 6.92 Å². The summed E-state index contributed by atoms with van der Waals surface area (Å²) in [6.07, 6.45) is 0. The van der Waals surface area contributed by atoms with E-state index in [0.29, 0.717) is 27.8 Å². The Morgan fingerprint density at radius 1 is 1.12 bits per heavy atom. The summed E-state index contributed by atoms with van der Waals surface area (Å²) < 4.78 is 10.3. The van der Waals surface area contributed by atoms with Crippen LogP contribution < -0.4 is 20.1 Å². The predicted octanol–water partition coefficient (Wildman–Crippen LogP) is 4.22. The minimum atomic E-state index is -0.599. The number of nitrogens with zero attached hydrogens (tertiary/aromatic N) is 1. The quantitative estimate of drug-likeness (QED) is 0.610. The van der Waals surface area contributed by atoms with Gasteiger partial charge in [-0.25, -0.2) is 4.79 Å². The molecule has 0 aliphatic heterocycles. The molecule has 2 N–H and O–H groups in total. The van der Waals surface area contributed by atoms with Gasteiger partial charge in [-0.2, -0.15) is 0 Å². The van der Waals surface area contributed by atoms with E-state index in [9.17, 15) is 14.9 Å². The van der Waals surface area contributed by atoms with Crippen LogP contribution in [0.25, 0.3) is 0 Å². The molecule has 0 bridgehead atoms. The van der Waals surface area contributed by atoms with Gasteiger partial charge in [0.1, 0.15) is 11.5 Å². The van der Waals surface area contributed by atoms with Crippen LogP contribution in [0.15, 0.2) is 30.3 Å². The maximum atomic E-state index is 12.2. The van der Waals surface area contributed by atoms with Crippen molar-refractivity contribution in [1.29, 1.82) is 0 Å². The van der Waals surface area contributed by atoms with Crippen LogP contribution in [0.2, 0.25) is 5.02 Å². The summed E-state index contributed by atoms with van der Waals surface area (Å²) in [5, 5.41) is 16.4. The number of nitro groups is 1. The largest absolute Gasteiger partial charge is 0.495 e. The van der Waals surface area contributed by atoms with Crippen molar-refractivity contribution >= 4 is 34.7 Å². The van der Waals surface area contributed by atoms with E-state index in [-0.39, 0.29) is 11.4 Å². The third kappa shape index (κ3) is 4.30. The zero-order chi connectivity index (χ0) is 18.6. The van der Waals surface area contributed by atoms with Crippen molar-refractivity contribution in [3.63, 3.8) is 0 Å². The zero-order valence-electron chi connectivity index (χ0n) is 13.8. The second-order valence-electron chi connectivity index (χ2n) is 5.02. The first-order valence-electron chi connectivity index (χ1n) is 7.10. The molecule has 25 heavy (non-hydrogen) atoms. The van der Waals surface area contributed by atoms with Gasteiger partial charge < -0.3 is 20.1 Å². The first kappa shape index (κ1) is 18.3. The molecule has 2 aromatic carbocycles. The van der Waals surface area contributed by atoms with Crippen LogP contribution in [0.4, 0.5) is 21.9 Å². The van der Waals surface area contributed by atoms with Crippen LogP contribution in [0.1, 0.15) is 5.56 Å². The summed E-state index contributed by atoms with van der Waals surface area (Å²) >= 11 is 6.05. The van der Waals surface area contributed by atoms with Gasteiger partial charge in [-0.05, 0) is 19.1 Å². The second kappa shape index (κ2) is 7.71. The predicted molar refractivity (Wildman–Crippen MR) is 95.0 cm³/mol. The molecule has 0 aliphatic rings. The minimum absolute atomic E-state index is 0.0807. The molecule has 0 aromatic heterocycles. The Bertz CT molecular complexity index is 826. The third-order valence-corrected chi connectivity index (χ3v) is 3.68. The SMILES string of the molecule is COc1cc(OC)c(NC(=O)Nc2ccc(C)c([N+](=O)[O-])c2)cc1Cl. The topological polar surface area (TPSA) is 103 Å². The molecule has 2 aromatic rings. The number of hydrogen-bond acceptors (Lipinski definition) is 5. The number of halogens is 1. The number of carbonyl (C=O) groups excluding carboxylic acids is 1. The molecule has 0 saturated heterocycles. The highest BCUT2D eigenvalue weighted by molar-refractivity contribution is 6.32. The molecule has 0 radical (unpaired) electrons. The van der Waals surface area contributed by atoms with Crippen LogP contribution in [-0.2, 0) is 0 Å². The lowest BCUT2D eigenvalue weighted by atomic mass is 10.2. The smallest absolute Gasteiger partial charge is 0.323 e. The Morgan fingerprint density at radius 3 is 2.40 bits per heavy atom. The Hall–Kier alpha value is -3.00. The van der Waals surface area contributed by atoms with Crippen molar-refractivity contribution < 1.29 is 19.2 Å². The van der Waals surface area contributed by atoms with E-state index in [0.717, 1.165) is 0 Å². The lowest BCUT2D eigenvalue weighted by molar-refractivity contribution is -0.385. The highest BCUT2D eigenvalue weighted by Gasteiger charge is 2.15. The van der Waals surface area contributed by atoms with Gasteiger partial charge in [0.2, 0.25) is 0 Å². The number of carbonyl (C=O) groups is 1. The molecule has 9 heteroatoms.